The first-order chi connectivity index (χ1) is 8.72. The van der Waals surface area contributed by atoms with Crippen molar-refractivity contribution >= 4 is 22.7 Å². The molecule has 3 N–H and O–H groups in total. The number of nitrogens with two attached hydrogens (primary N) is 1. The Morgan fingerprint density at radius 3 is 2.72 bits per heavy atom. The van der Waals surface area contributed by atoms with E-state index in [1.165, 1.54) is 10.4 Å². The number of aryl methyl sites for hydroxylation is 1. The van der Waals surface area contributed by atoms with Crippen LogP contribution in [0.5, 0.6) is 0 Å². The average molecular weight is 260 g/mol. The quantitative estimate of drug-likeness (QED) is 0.771. The van der Waals surface area contributed by atoms with Crippen LogP contribution in [0.15, 0.2) is 35.7 Å². The smallest absolute Gasteiger partial charge is 0.0608 e. The molecule has 1 aromatic carbocycles. The van der Waals surface area contributed by atoms with Crippen LogP contribution in [0.2, 0.25) is 0 Å². The predicted octanol–water partition coefficient (Wildman–Crippen LogP) is 4.59. The fourth-order valence-electron chi connectivity index (χ4n) is 2.13. The van der Waals surface area contributed by atoms with Gasteiger partial charge in [-0.15, -0.1) is 11.3 Å². The van der Waals surface area contributed by atoms with E-state index in [0.717, 1.165) is 24.2 Å². The van der Waals surface area contributed by atoms with Gasteiger partial charge in [-0.1, -0.05) is 31.5 Å². The summed E-state index contributed by atoms with van der Waals surface area (Å²) in [5, 5.41) is 5.73. The van der Waals surface area contributed by atoms with Gasteiger partial charge in [0.1, 0.15) is 0 Å². The third-order valence-electron chi connectivity index (χ3n) is 3.09. The van der Waals surface area contributed by atoms with Gasteiger partial charge in [0.15, 0.2) is 0 Å². The van der Waals surface area contributed by atoms with Crippen molar-refractivity contribution in [1.29, 1.82) is 0 Å². The summed E-state index contributed by atoms with van der Waals surface area (Å²) < 4.78 is 0. The summed E-state index contributed by atoms with van der Waals surface area (Å²) in [4.78, 5) is 1.37. The Morgan fingerprint density at radius 1 is 1.28 bits per heavy atom. The highest BCUT2D eigenvalue weighted by Gasteiger charge is 2.13. The molecule has 1 aromatic heterocycles. The Hall–Kier alpha value is -1.48. The number of nitrogen functional groups attached to an aromatic ring is 1. The maximum Gasteiger partial charge on any atom is 0.0608 e. The van der Waals surface area contributed by atoms with Crippen molar-refractivity contribution < 1.29 is 0 Å². The molecule has 1 unspecified atom stereocenters. The standard InChI is InChI=1S/C15H20N2S/c1-3-6-13(14-9-5-10-18-14)17-15-11(2)7-4-8-12(15)16/h4-5,7-10,13,17H,3,6,16H2,1-2H3. The van der Waals surface area contributed by atoms with Gasteiger partial charge in [-0.05, 0) is 36.4 Å². The second-order valence-electron chi connectivity index (χ2n) is 4.54. The maximum atomic E-state index is 6.06. The molecule has 1 heterocycles. The van der Waals surface area contributed by atoms with Crippen molar-refractivity contribution in [2.24, 2.45) is 0 Å². The Kier molecular flexibility index (Phi) is 4.26. The molecule has 0 aliphatic carbocycles. The van der Waals surface area contributed by atoms with Gasteiger partial charge in [0, 0.05) is 4.88 Å². The van der Waals surface area contributed by atoms with E-state index in [2.05, 4.69) is 42.7 Å². The Labute approximate surface area is 113 Å². The molecule has 0 bridgehead atoms. The highest BCUT2D eigenvalue weighted by molar-refractivity contribution is 7.10. The van der Waals surface area contributed by atoms with E-state index in [1.807, 2.05) is 12.1 Å². The molecule has 0 saturated carbocycles. The number of benzene rings is 1. The fourth-order valence-corrected chi connectivity index (χ4v) is 2.94. The van der Waals surface area contributed by atoms with E-state index in [1.54, 1.807) is 11.3 Å². The molecule has 0 aliphatic heterocycles. The summed E-state index contributed by atoms with van der Waals surface area (Å²) in [5.74, 6) is 0. The minimum absolute atomic E-state index is 0.360. The van der Waals surface area contributed by atoms with Crippen molar-refractivity contribution in [3.05, 3.63) is 46.2 Å². The van der Waals surface area contributed by atoms with E-state index in [9.17, 15) is 0 Å². The van der Waals surface area contributed by atoms with Gasteiger partial charge in [-0.2, -0.15) is 0 Å². The number of anilines is 2. The third kappa shape index (κ3) is 2.85. The Balaban J connectivity index is 2.24. The van der Waals surface area contributed by atoms with Gasteiger partial charge >= 0.3 is 0 Å². The average Bonchev–Trinajstić information content (AvgIpc) is 2.86. The molecule has 0 spiro atoms. The number of para-hydroxylation sites is 1. The number of rotatable bonds is 5. The van der Waals surface area contributed by atoms with Gasteiger partial charge in [0.05, 0.1) is 17.4 Å². The topological polar surface area (TPSA) is 38.0 Å². The summed E-state index contributed by atoms with van der Waals surface area (Å²) >= 11 is 1.80. The first-order valence-corrected chi connectivity index (χ1v) is 7.25. The summed E-state index contributed by atoms with van der Waals surface area (Å²) in [7, 11) is 0. The van der Waals surface area contributed by atoms with Gasteiger partial charge < -0.3 is 11.1 Å². The van der Waals surface area contributed by atoms with E-state index in [-0.39, 0.29) is 0 Å². The van der Waals surface area contributed by atoms with Crippen molar-refractivity contribution in [3.63, 3.8) is 0 Å². The first-order valence-electron chi connectivity index (χ1n) is 6.37. The van der Waals surface area contributed by atoms with Crippen molar-refractivity contribution in [2.75, 3.05) is 11.1 Å². The van der Waals surface area contributed by atoms with Crippen LogP contribution in [0.3, 0.4) is 0 Å². The molecule has 0 aliphatic rings. The lowest BCUT2D eigenvalue weighted by Crippen LogP contribution is -2.11. The highest BCUT2D eigenvalue weighted by atomic mass is 32.1. The molecule has 0 saturated heterocycles. The SMILES string of the molecule is CCCC(Nc1c(C)cccc1N)c1cccs1. The fraction of sp³-hybridized carbons (Fsp3) is 0.333. The van der Waals surface area contributed by atoms with Crippen LogP contribution in [-0.2, 0) is 0 Å². The number of nitrogens with one attached hydrogen (secondary N) is 1. The highest BCUT2D eigenvalue weighted by Crippen LogP contribution is 2.31. The molecule has 2 rings (SSSR count). The van der Waals surface area contributed by atoms with E-state index in [0.29, 0.717) is 6.04 Å². The van der Waals surface area contributed by atoms with Crippen molar-refractivity contribution in [3.8, 4) is 0 Å². The lowest BCUT2D eigenvalue weighted by atomic mass is 10.1. The summed E-state index contributed by atoms with van der Waals surface area (Å²) in [6.07, 6.45) is 2.27. The van der Waals surface area contributed by atoms with Crippen LogP contribution in [-0.4, -0.2) is 0 Å². The van der Waals surface area contributed by atoms with Gasteiger partial charge in [0.25, 0.3) is 0 Å². The molecule has 96 valence electrons. The monoisotopic (exact) mass is 260 g/mol. The largest absolute Gasteiger partial charge is 0.397 e. The number of hydrogen-bond donors (Lipinski definition) is 2. The second kappa shape index (κ2) is 5.91. The normalized spacial score (nSPS) is 12.3. The predicted molar refractivity (Wildman–Crippen MR) is 81.2 cm³/mol. The van der Waals surface area contributed by atoms with Gasteiger partial charge in [0.2, 0.25) is 0 Å². The zero-order valence-corrected chi connectivity index (χ0v) is 11.8. The van der Waals surface area contributed by atoms with Gasteiger partial charge in [-0.25, -0.2) is 0 Å². The summed E-state index contributed by atoms with van der Waals surface area (Å²) in [5.41, 5.74) is 9.16. The number of thiophene rings is 1. The molecule has 18 heavy (non-hydrogen) atoms. The maximum absolute atomic E-state index is 6.06. The molecular formula is C15H20N2S. The van der Waals surface area contributed by atoms with Crippen LogP contribution in [0.25, 0.3) is 0 Å². The molecule has 0 fully saturated rings. The zero-order valence-electron chi connectivity index (χ0n) is 10.9. The first kappa shape index (κ1) is 13.0. The second-order valence-corrected chi connectivity index (χ2v) is 5.52. The van der Waals surface area contributed by atoms with Crippen LogP contribution in [0.1, 0.15) is 36.2 Å². The molecule has 0 radical (unpaired) electrons. The Bertz CT molecular complexity index is 471. The van der Waals surface area contributed by atoms with Crippen molar-refractivity contribution in [2.45, 2.75) is 32.7 Å². The lowest BCUT2D eigenvalue weighted by molar-refractivity contribution is 0.687. The molecule has 0 amide bonds. The van der Waals surface area contributed by atoms with Crippen molar-refractivity contribution in [1.82, 2.24) is 0 Å². The summed E-state index contributed by atoms with van der Waals surface area (Å²) in [6.45, 7) is 4.31. The zero-order chi connectivity index (χ0) is 13.0. The third-order valence-corrected chi connectivity index (χ3v) is 4.07. The van der Waals surface area contributed by atoms with Crippen LogP contribution in [0.4, 0.5) is 11.4 Å². The van der Waals surface area contributed by atoms with Gasteiger partial charge in [-0.3, -0.25) is 0 Å². The molecule has 2 aromatic rings. The molecule has 3 heteroatoms. The van der Waals surface area contributed by atoms with Crippen LogP contribution >= 0.6 is 11.3 Å². The van der Waals surface area contributed by atoms with Crippen LogP contribution < -0.4 is 11.1 Å². The van der Waals surface area contributed by atoms with E-state index < -0.39 is 0 Å². The molecule has 1 atom stereocenters. The molecular weight excluding hydrogens is 240 g/mol. The van der Waals surface area contributed by atoms with Crippen LogP contribution in [0, 0.1) is 6.92 Å². The Morgan fingerprint density at radius 2 is 2.11 bits per heavy atom. The lowest BCUT2D eigenvalue weighted by Gasteiger charge is -2.21. The minimum atomic E-state index is 0.360. The molecule has 2 nitrogen and oxygen atoms in total. The number of hydrogen-bond acceptors (Lipinski definition) is 3. The van der Waals surface area contributed by atoms with E-state index >= 15 is 0 Å². The minimum Gasteiger partial charge on any atom is -0.397 e. The van der Waals surface area contributed by atoms with E-state index in [4.69, 9.17) is 5.73 Å². The summed E-state index contributed by atoms with van der Waals surface area (Å²) in [6, 6.07) is 10.7.